The molecule has 2 aliphatic heterocycles. The van der Waals surface area contributed by atoms with E-state index in [4.69, 9.17) is 4.74 Å². The SMILES string of the molecule is CCC1CN(C(=O)CS(=O)(=O)C(C)C)CC1N1CCOCC1. The molecule has 2 atom stereocenters. The van der Waals surface area contributed by atoms with E-state index >= 15 is 0 Å². The summed E-state index contributed by atoms with van der Waals surface area (Å²) in [6.45, 7) is 9.97. The maximum absolute atomic E-state index is 12.4. The molecule has 0 aromatic rings. The minimum Gasteiger partial charge on any atom is -0.379 e. The van der Waals surface area contributed by atoms with Crippen LogP contribution in [0.1, 0.15) is 27.2 Å². The first-order valence-electron chi connectivity index (χ1n) is 8.16. The monoisotopic (exact) mass is 332 g/mol. The van der Waals surface area contributed by atoms with Crippen molar-refractivity contribution in [2.45, 2.75) is 38.5 Å². The predicted molar refractivity (Wildman–Crippen MR) is 85.5 cm³/mol. The van der Waals surface area contributed by atoms with Crippen molar-refractivity contribution in [2.75, 3.05) is 45.1 Å². The maximum atomic E-state index is 12.4. The first kappa shape index (κ1) is 17.7. The molecule has 0 saturated carbocycles. The molecule has 2 heterocycles. The fraction of sp³-hybridized carbons (Fsp3) is 0.933. The Morgan fingerprint density at radius 3 is 2.41 bits per heavy atom. The Morgan fingerprint density at radius 2 is 1.86 bits per heavy atom. The number of hydrogen-bond donors (Lipinski definition) is 0. The van der Waals surface area contributed by atoms with Gasteiger partial charge >= 0.3 is 0 Å². The lowest BCUT2D eigenvalue weighted by Crippen LogP contribution is -2.47. The van der Waals surface area contributed by atoms with Crippen molar-refractivity contribution in [3.8, 4) is 0 Å². The molecule has 0 aromatic carbocycles. The lowest BCUT2D eigenvalue weighted by atomic mass is 9.99. The smallest absolute Gasteiger partial charge is 0.237 e. The molecule has 2 saturated heterocycles. The van der Waals surface area contributed by atoms with Crippen molar-refractivity contribution >= 4 is 15.7 Å². The van der Waals surface area contributed by atoms with E-state index in [2.05, 4.69) is 11.8 Å². The average molecular weight is 332 g/mol. The van der Waals surface area contributed by atoms with Crippen LogP contribution in [0.5, 0.6) is 0 Å². The van der Waals surface area contributed by atoms with Crippen molar-refractivity contribution in [1.82, 2.24) is 9.80 Å². The highest BCUT2D eigenvalue weighted by Gasteiger charge is 2.39. The summed E-state index contributed by atoms with van der Waals surface area (Å²) in [5.74, 6) is -0.191. The van der Waals surface area contributed by atoms with Crippen molar-refractivity contribution < 1.29 is 17.9 Å². The van der Waals surface area contributed by atoms with Crippen LogP contribution in [0.2, 0.25) is 0 Å². The van der Waals surface area contributed by atoms with E-state index in [0.717, 1.165) is 32.7 Å². The summed E-state index contributed by atoms with van der Waals surface area (Å²) >= 11 is 0. The average Bonchev–Trinajstić information content (AvgIpc) is 2.92. The number of ether oxygens (including phenoxy) is 1. The van der Waals surface area contributed by atoms with Crippen LogP contribution in [-0.4, -0.2) is 80.6 Å². The highest BCUT2D eigenvalue weighted by Crippen LogP contribution is 2.26. The van der Waals surface area contributed by atoms with E-state index in [-0.39, 0.29) is 11.7 Å². The standard InChI is InChI=1S/C15H28N2O4S/c1-4-13-9-17(15(18)11-22(19,20)12(2)3)10-14(13)16-5-7-21-8-6-16/h12-14H,4-11H2,1-3H3. The molecule has 0 N–H and O–H groups in total. The quantitative estimate of drug-likeness (QED) is 0.728. The number of rotatable bonds is 5. The van der Waals surface area contributed by atoms with Gasteiger partial charge in [0.15, 0.2) is 9.84 Å². The summed E-state index contributed by atoms with van der Waals surface area (Å²) in [5, 5.41) is -0.504. The van der Waals surface area contributed by atoms with Gasteiger partial charge in [-0.25, -0.2) is 8.42 Å². The van der Waals surface area contributed by atoms with E-state index in [9.17, 15) is 13.2 Å². The molecule has 0 bridgehead atoms. The third kappa shape index (κ3) is 4.00. The first-order valence-corrected chi connectivity index (χ1v) is 9.87. The van der Waals surface area contributed by atoms with Gasteiger partial charge in [-0.3, -0.25) is 9.69 Å². The molecule has 2 unspecified atom stereocenters. The molecule has 0 radical (unpaired) electrons. The van der Waals surface area contributed by atoms with Crippen LogP contribution < -0.4 is 0 Å². The molecule has 0 aromatic heterocycles. The molecule has 1 amide bonds. The fourth-order valence-corrected chi connectivity index (χ4v) is 4.07. The Labute approximate surface area is 133 Å². The number of nitrogens with zero attached hydrogens (tertiary/aromatic N) is 2. The van der Waals surface area contributed by atoms with Gasteiger partial charge in [0.05, 0.1) is 18.5 Å². The fourth-order valence-electron chi connectivity index (χ4n) is 3.21. The van der Waals surface area contributed by atoms with Gasteiger partial charge in [-0.05, 0) is 19.8 Å². The molecular weight excluding hydrogens is 304 g/mol. The van der Waals surface area contributed by atoms with Crippen LogP contribution in [0.3, 0.4) is 0 Å². The molecule has 22 heavy (non-hydrogen) atoms. The minimum atomic E-state index is -3.33. The Bertz CT molecular complexity index is 486. The van der Waals surface area contributed by atoms with Crippen LogP contribution in [0.25, 0.3) is 0 Å². The van der Waals surface area contributed by atoms with Crippen LogP contribution >= 0.6 is 0 Å². The van der Waals surface area contributed by atoms with Crippen molar-refractivity contribution in [3.63, 3.8) is 0 Å². The van der Waals surface area contributed by atoms with Gasteiger partial charge in [0.2, 0.25) is 5.91 Å². The molecular formula is C15H28N2O4S. The van der Waals surface area contributed by atoms with Crippen LogP contribution in [0.4, 0.5) is 0 Å². The van der Waals surface area contributed by atoms with Gasteiger partial charge in [0.25, 0.3) is 0 Å². The van der Waals surface area contributed by atoms with Gasteiger partial charge in [-0.15, -0.1) is 0 Å². The second-order valence-corrected chi connectivity index (χ2v) is 9.10. The molecule has 0 aliphatic carbocycles. The van der Waals surface area contributed by atoms with Gasteiger partial charge in [0.1, 0.15) is 5.75 Å². The molecule has 128 valence electrons. The van der Waals surface area contributed by atoms with Gasteiger partial charge in [-0.2, -0.15) is 0 Å². The number of likely N-dealkylation sites (tertiary alicyclic amines) is 1. The molecule has 6 nitrogen and oxygen atoms in total. The molecule has 2 rings (SSSR count). The van der Waals surface area contributed by atoms with E-state index < -0.39 is 15.1 Å². The van der Waals surface area contributed by atoms with E-state index in [0.29, 0.717) is 25.0 Å². The Morgan fingerprint density at radius 1 is 1.23 bits per heavy atom. The molecule has 7 heteroatoms. The van der Waals surface area contributed by atoms with Crippen LogP contribution in [0.15, 0.2) is 0 Å². The number of carbonyl (C=O) groups is 1. The van der Waals surface area contributed by atoms with Crippen molar-refractivity contribution in [1.29, 1.82) is 0 Å². The van der Waals surface area contributed by atoms with E-state index in [1.54, 1.807) is 18.7 Å². The van der Waals surface area contributed by atoms with Gasteiger partial charge < -0.3 is 9.64 Å². The number of carbonyl (C=O) groups excluding carboxylic acids is 1. The number of morpholine rings is 1. The number of sulfone groups is 1. The summed E-state index contributed by atoms with van der Waals surface area (Å²) in [5.41, 5.74) is 0. The van der Waals surface area contributed by atoms with Crippen LogP contribution in [0, 0.1) is 5.92 Å². The summed E-state index contributed by atoms with van der Waals surface area (Å²) in [4.78, 5) is 16.5. The topological polar surface area (TPSA) is 66.9 Å². The second-order valence-electron chi connectivity index (χ2n) is 6.54. The molecule has 2 aliphatic rings. The Kier molecular flexibility index (Phi) is 5.85. The maximum Gasteiger partial charge on any atom is 0.237 e. The lowest BCUT2D eigenvalue weighted by molar-refractivity contribution is -0.127. The Hall–Kier alpha value is -0.660. The third-order valence-corrected chi connectivity index (χ3v) is 6.93. The van der Waals surface area contributed by atoms with E-state index in [1.807, 2.05) is 0 Å². The lowest BCUT2D eigenvalue weighted by Gasteiger charge is -2.34. The zero-order valence-electron chi connectivity index (χ0n) is 13.8. The molecule has 2 fully saturated rings. The summed E-state index contributed by atoms with van der Waals surface area (Å²) in [6, 6.07) is 0.333. The van der Waals surface area contributed by atoms with Gasteiger partial charge in [-0.1, -0.05) is 13.3 Å². The zero-order chi connectivity index (χ0) is 16.3. The van der Waals surface area contributed by atoms with E-state index in [1.165, 1.54) is 0 Å². The largest absolute Gasteiger partial charge is 0.379 e. The highest BCUT2D eigenvalue weighted by atomic mass is 32.2. The number of amides is 1. The van der Waals surface area contributed by atoms with Crippen molar-refractivity contribution in [2.24, 2.45) is 5.92 Å². The van der Waals surface area contributed by atoms with Crippen molar-refractivity contribution in [3.05, 3.63) is 0 Å². The molecule has 0 spiro atoms. The Balaban J connectivity index is 2.00. The third-order valence-electron chi connectivity index (χ3n) is 4.84. The van der Waals surface area contributed by atoms with Gasteiger partial charge in [0, 0.05) is 32.2 Å². The summed E-state index contributed by atoms with van der Waals surface area (Å²) in [7, 11) is -3.33. The summed E-state index contributed by atoms with van der Waals surface area (Å²) in [6.07, 6.45) is 1.00. The minimum absolute atomic E-state index is 0.247. The zero-order valence-corrected chi connectivity index (χ0v) is 14.6. The predicted octanol–water partition coefficient (Wildman–Crippen LogP) is 0.379. The first-order chi connectivity index (χ1) is 10.3. The second kappa shape index (κ2) is 7.27. The van der Waals surface area contributed by atoms with Crippen LogP contribution in [-0.2, 0) is 19.4 Å². The summed E-state index contributed by atoms with van der Waals surface area (Å²) < 4.78 is 29.3. The normalized spacial score (nSPS) is 27.5. The number of hydrogen-bond acceptors (Lipinski definition) is 5. The highest BCUT2D eigenvalue weighted by molar-refractivity contribution is 7.92.